The molecule has 0 saturated heterocycles. The number of anilines is 2. The van der Waals surface area contributed by atoms with Crippen molar-refractivity contribution in [2.75, 3.05) is 28.5 Å². The van der Waals surface area contributed by atoms with Gasteiger partial charge in [-0.25, -0.2) is 8.42 Å². The predicted octanol–water partition coefficient (Wildman–Crippen LogP) is 3.25. The number of hydrogen-bond donors (Lipinski definition) is 1. The zero-order chi connectivity index (χ0) is 18.8. The van der Waals surface area contributed by atoms with Crippen LogP contribution in [0.15, 0.2) is 18.2 Å². The van der Waals surface area contributed by atoms with Gasteiger partial charge in [0.15, 0.2) is 0 Å². The maximum absolute atomic E-state index is 12.8. The predicted molar refractivity (Wildman–Crippen MR) is 101 cm³/mol. The van der Waals surface area contributed by atoms with E-state index in [9.17, 15) is 13.2 Å². The Morgan fingerprint density at radius 2 is 2.00 bits per heavy atom. The molecule has 1 N–H and O–H groups in total. The second-order valence-electron chi connectivity index (χ2n) is 7.59. The molecule has 2 rings (SSSR count). The van der Waals surface area contributed by atoms with Gasteiger partial charge in [0, 0.05) is 12.6 Å². The SMILES string of the molecule is CCCN1C(=O)C(C)(C)COc2cc(NS(=O)(=O)CC(C)C)ccc21. The van der Waals surface area contributed by atoms with Crippen LogP contribution in [0.4, 0.5) is 11.4 Å². The van der Waals surface area contributed by atoms with Crippen LogP contribution < -0.4 is 14.4 Å². The Morgan fingerprint density at radius 3 is 2.60 bits per heavy atom. The minimum atomic E-state index is -3.41. The van der Waals surface area contributed by atoms with E-state index in [1.165, 1.54) is 0 Å². The molecule has 1 heterocycles. The second kappa shape index (κ2) is 7.23. The van der Waals surface area contributed by atoms with E-state index in [0.29, 0.717) is 23.7 Å². The summed E-state index contributed by atoms with van der Waals surface area (Å²) in [5, 5.41) is 0. The van der Waals surface area contributed by atoms with Gasteiger partial charge in [-0.2, -0.15) is 0 Å². The molecule has 1 aromatic carbocycles. The van der Waals surface area contributed by atoms with E-state index in [1.807, 2.05) is 34.6 Å². The quantitative estimate of drug-likeness (QED) is 0.836. The molecular weight excluding hydrogens is 340 g/mol. The maximum Gasteiger partial charge on any atom is 0.236 e. The summed E-state index contributed by atoms with van der Waals surface area (Å²) in [6, 6.07) is 5.08. The molecule has 0 fully saturated rings. The largest absolute Gasteiger partial charge is 0.490 e. The number of nitrogens with one attached hydrogen (secondary N) is 1. The molecule has 0 radical (unpaired) electrons. The number of amides is 1. The van der Waals surface area contributed by atoms with Crippen molar-refractivity contribution in [2.45, 2.75) is 41.0 Å². The Bertz CT molecular complexity index is 741. The molecule has 7 heteroatoms. The molecule has 0 aliphatic carbocycles. The fourth-order valence-corrected chi connectivity index (χ4v) is 4.26. The lowest BCUT2D eigenvalue weighted by Gasteiger charge is -2.27. The number of benzene rings is 1. The summed E-state index contributed by atoms with van der Waals surface area (Å²) in [6.45, 7) is 10.3. The van der Waals surface area contributed by atoms with E-state index in [2.05, 4.69) is 4.72 Å². The van der Waals surface area contributed by atoms with Crippen molar-refractivity contribution in [3.05, 3.63) is 18.2 Å². The third kappa shape index (κ3) is 4.66. The number of carbonyl (C=O) groups is 1. The van der Waals surface area contributed by atoms with E-state index in [1.54, 1.807) is 23.1 Å². The molecule has 1 amide bonds. The number of hydrogen-bond acceptors (Lipinski definition) is 4. The monoisotopic (exact) mass is 368 g/mol. The first-order valence-corrected chi connectivity index (χ1v) is 10.3. The molecule has 0 aromatic heterocycles. The molecule has 140 valence electrons. The van der Waals surface area contributed by atoms with Crippen LogP contribution in [0.5, 0.6) is 5.75 Å². The van der Waals surface area contributed by atoms with Crippen molar-refractivity contribution in [3.63, 3.8) is 0 Å². The zero-order valence-electron chi connectivity index (χ0n) is 15.6. The van der Waals surface area contributed by atoms with Crippen molar-refractivity contribution in [3.8, 4) is 5.75 Å². The zero-order valence-corrected chi connectivity index (χ0v) is 16.4. The number of fused-ring (bicyclic) bond motifs is 1. The lowest BCUT2D eigenvalue weighted by Crippen LogP contribution is -2.42. The third-order valence-corrected chi connectivity index (χ3v) is 5.59. The van der Waals surface area contributed by atoms with Gasteiger partial charge in [0.2, 0.25) is 15.9 Å². The van der Waals surface area contributed by atoms with Crippen LogP contribution >= 0.6 is 0 Å². The lowest BCUT2D eigenvalue weighted by molar-refractivity contribution is -0.127. The minimum Gasteiger partial charge on any atom is -0.490 e. The summed E-state index contributed by atoms with van der Waals surface area (Å²) >= 11 is 0. The van der Waals surface area contributed by atoms with Crippen molar-refractivity contribution in [2.24, 2.45) is 11.3 Å². The molecule has 1 aromatic rings. The first-order valence-electron chi connectivity index (χ1n) is 8.65. The van der Waals surface area contributed by atoms with Crippen LogP contribution in [-0.2, 0) is 14.8 Å². The average Bonchev–Trinajstić information content (AvgIpc) is 2.56. The van der Waals surface area contributed by atoms with Crippen LogP contribution in [0.1, 0.15) is 41.0 Å². The Balaban J connectivity index is 2.36. The van der Waals surface area contributed by atoms with E-state index in [-0.39, 0.29) is 24.2 Å². The van der Waals surface area contributed by atoms with E-state index in [4.69, 9.17) is 4.74 Å². The topological polar surface area (TPSA) is 75.7 Å². The summed E-state index contributed by atoms with van der Waals surface area (Å²) in [7, 11) is -3.41. The standard InChI is InChI=1S/C18H28N2O4S/c1-6-9-20-15-8-7-14(19-25(22,23)11-13(2)3)10-16(15)24-12-18(4,5)17(20)21/h7-8,10,13,19H,6,9,11-12H2,1-5H3. The van der Waals surface area contributed by atoms with Gasteiger partial charge in [-0.15, -0.1) is 0 Å². The molecule has 1 aliphatic heterocycles. The molecule has 6 nitrogen and oxygen atoms in total. The summed E-state index contributed by atoms with van der Waals surface area (Å²) in [5.41, 5.74) is 0.498. The highest BCUT2D eigenvalue weighted by molar-refractivity contribution is 7.92. The fourth-order valence-electron chi connectivity index (χ4n) is 2.82. The van der Waals surface area contributed by atoms with Gasteiger partial charge >= 0.3 is 0 Å². The first kappa shape index (κ1) is 19.6. The fraction of sp³-hybridized carbons (Fsp3) is 0.611. The number of carbonyl (C=O) groups excluding carboxylic acids is 1. The Hall–Kier alpha value is -1.76. The first-order chi connectivity index (χ1) is 11.6. The molecule has 0 saturated carbocycles. The summed E-state index contributed by atoms with van der Waals surface area (Å²) in [5.74, 6) is 0.629. The molecule has 0 bridgehead atoms. The molecule has 0 atom stereocenters. The van der Waals surface area contributed by atoms with Gasteiger partial charge in [0.25, 0.3) is 0 Å². The van der Waals surface area contributed by atoms with Crippen LogP contribution in [0, 0.1) is 11.3 Å². The Labute approximate surface area is 150 Å². The van der Waals surface area contributed by atoms with Gasteiger partial charge in [-0.05, 0) is 38.3 Å². The summed E-state index contributed by atoms with van der Waals surface area (Å²) in [6.07, 6.45) is 0.823. The number of rotatable bonds is 6. The number of ether oxygens (including phenoxy) is 1. The van der Waals surface area contributed by atoms with Gasteiger partial charge in [-0.1, -0.05) is 20.8 Å². The number of sulfonamides is 1. The third-order valence-electron chi connectivity index (χ3n) is 3.94. The normalized spacial score (nSPS) is 17.0. The molecule has 0 unspecified atom stereocenters. The van der Waals surface area contributed by atoms with Crippen LogP contribution in [-0.4, -0.2) is 33.2 Å². The Morgan fingerprint density at radius 1 is 1.32 bits per heavy atom. The van der Waals surface area contributed by atoms with Crippen LogP contribution in [0.2, 0.25) is 0 Å². The smallest absolute Gasteiger partial charge is 0.236 e. The number of nitrogens with zero attached hydrogens (tertiary/aromatic N) is 1. The highest BCUT2D eigenvalue weighted by atomic mass is 32.2. The average molecular weight is 368 g/mol. The lowest BCUT2D eigenvalue weighted by atomic mass is 9.93. The molecule has 1 aliphatic rings. The van der Waals surface area contributed by atoms with Crippen molar-refractivity contribution in [1.29, 1.82) is 0 Å². The maximum atomic E-state index is 12.8. The van der Waals surface area contributed by atoms with E-state index in [0.717, 1.165) is 6.42 Å². The van der Waals surface area contributed by atoms with Gasteiger partial charge in [-0.3, -0.25) is 9.52 Å². The molecule has 25 heavy (non-hydrogen) atoms. The molecular formula is C18H28N2O4S. The highest BCUT2D eigenvalue weighted by Crippen LogP contribution is 2.38. The van der Waals surface area contributed by atoms with E-state index >= 15 is 0 Å². The van der Waals surface area contributed by atoms with E-state index < -0.39 is 15.4 Å². The Kier molecular flexibility index (Phi) is 5.66. The van der Waals surface area contributed by atoms with Crippen molar-refractivity contribution >= 4 is 27.3 Å². The summed E-state index contributed by atoms with van der Waals surface area (Å²) in [4.78, 5) is 14.5. The van der Waals surface area contributed by atoms with Gasteiger partial charge < -0.3 is 9.64 Å². The van der Waals surface area contributed by atoms with Crippen molar-refractivity contribution in [1.82, 2.24) is 0 Å². The van der Waals surface area contributed by atoms with Crippen LogP contribution in [0.25, 0.3) is 0 Å². The molecule has 0 spiro atoms. The van der Waals surface area contributed by atoms with Gasteiger partial charge in [0.1, 0.15) is 12.4 Å². The van der Waals surface area contributed by atoms with Crippen LogP contribution in [0.3, 0.4) is 0 Å². The van der Waals surface area contributed by atoms with Gasteiger partial charge in [0.05, 0.1) is 22.5 Å². The van der Waals surface area contributed by atoms with Crippen molar-refractivity contribution < 1.29 is 17.9 Å². The second-order valence-corrected chi connectivity index (χ2v) is 9.36. The minimum absolute atomic E-state index is 0.0150. The highest BCUT2D eigenvalue weighted by Gasteiger charge is 2.37. The summed E-state index contributed by atoms with van der Waals surface area (Å²) < 4.78 is 32.7.